The van der Waals surface area contributed by atoms with Crippen molar-refractivity contribution in [1.29, 1.82) is 0 Å². The molecule has 2 amide bonds. The molecule has 7 heteroatoms. The van der Waals surface area contributed by atoms with Crippen LogP contribution in [-0.2, 0) is 11.2 Å². The highest BCUT2D eigenvalue weighted by molar-refractivity contribution is 6.01. The maximum absolute atomic E-state index is 14.0. The van der Waals surface area contributed by atoms with Gasteiger partial charge in [-0.25, -0.2) is 0 Å². The predicted octanol–water partition coefficient (Wildman–Crippen LogP) is 5.09. The van der Waals surface area contributed by atoms with Crippen LogP contribution in [0.25, 0.3) is 0 Å². The van der Waals surface area contributed by atoms with Crippen LogP contribution >= 0.6 is 0 Å². The molecule has 0 unspecified atom stereocenters. The molecule has 0 aliphatic carbocycles. The van der Waals surface area contributed by atoms with E-state index in [0.717, 1.165) is 48.4 Å². The van der Waals surface area contributed by atoms with E-state index in [9.17, 15) is 9.59 Å². The zero-order valence-corrected chi connectivity index (χ0v) is 23.7. The fraction of sp³-hybridized carbons (Fsp3) is 0.562. The number of carbonyl (C=O) groups excluding carboxylic acids is 2. The number of rotatable bonds is 10. The number of nitrogens with zero attached hydrogens (tertiary/aromatic N) is 2. The van der Waals surface area contributed by atoms with Gasteiger partial charge in [0.05, 0.1) is 25.2 Å². The first-order valence-corrected chi connectivity index (χ1v) is 14.9. The lowest BCUT2D eigenvalue weighted by Crippen LogP contribution is -2.50. The number of fused-ring (bicyclic) bond motifs is 4. The molecule has 0 radical (unpaired) electrons. The van der Waals surface area contributed by atoms with Crippen molar-refractivity contribution in [3.05, 3.63) is 58.7 Å². The summed E-state index contributed by atoms with van der Waals surface area (Å²) in [5.41, 5.74) is 3.54. The standard InChI is InChI=1S/C32H43N3O4/c1-4-23-12-9-10-17-34(23)18-11-16-33-31(36)29-24-13-7-8-14-25(24)32(37)35-19-15-22-20-27(38-5-2)28(39-6-3)21-26(22)30(29)35/h7-8,13-14,20-21,23,29-30H,4-6,9-12,15-19H2,1-3H3,(H,33,36)/t23-,29+,30+/m0/s1. The zero-order valence-electron chi connectivity index (χ0n) is 23.7. The summed E-state index contributed by atoms with van der Waals surface area (Å²) in [6.45, 7) is 10.6. The maximum atomic E-state index is 14.0. The van der Waals surface area contributed by atoms with Crippen molar-refractivity contribution in [2.24, 2.45) is 0 Å². The Bertz CT molecular complexity index is 1180. The van der Waals surface area contributed by atoms with E-state index < -0.39 is 5.92 Å². The number of likely N-dealkylation sites (tertiary alicyclic amines) is 1. The second kappa shape index (κ2) is 12.4. The topological polar surface area (TPSA) is 71.1 Å². The van der Waals surface area contributed by atoms with Crippen LogP contribution in [0.4, 0.5) is 0 Å². The van der Waals surface area contributed by atoms with Gasteiger partial charge in [0.1, 0.15) is 0 Å². The van der Waals surface area contributed by atoms with Crippen LogP contribution < -0.4 is 14.8 Å². The average molecular weight is 534 g/mol. The van der Waals surface area contributed by atoms with Crippen molar-refractivity contribution in [3.8, 4) is 11.5 Å². The number of benzene rings is 2. The van der Waals surface area contributed by atoms with Gasteiger partial charge in [-0.05, 0) is 87.4 Å². The number of piperidine rings is 1. The summed E-state index contributed by atoms with van der Waals surface area (Å²) in [6, 6.07) is 11.9. The van der Waals surface area contributed by atoms with Crippen molar-refractivity contribution < 1.29 is 19.1 Å². The summed E-state index contributed by atoms with van der Waals surface area (Å²) in [7, 11) is 0. The molecule has 1 N–H and O–H groups in total. The van der Waals surface area contributed by atoms with E-state index in [2.05, 4.69) is 17.1 Å². The second-order valence-corrected chi connectivity index (χ2v) is 10.9. The van der Waals surface area contributed by atoms with Gasteiger partial charge in [-0.2, -0.15) is 0 Å². The van der Waals surface area contributed by atoms with E-state index in [1.165, 1.54) is 25.7 Å². The van der Waals surface area contributed by atoms with Gasteiger partial charge in [0, 0.05) is 31.2 Å². The number of amides is 2. The monoisotopic (exact) mass is 533 g/mol. The van der Waals surface area contributed by atoms with Crippen molar-refractivity contribution in [1.82, 2.24) is 15.1 Å². The minimum atomic E-state index is -0.483. The fourth-order valence-corrected chi connectivity index (χ4v) is 6.77. The van der Waals surface area contributed by atoms with Crippen LogP contribution in [-0.4, -0.2) is 67.0 Å². The molecule has 7 nitrogen and oxygen atoms in total. The molecule has 0 spiro atoms. The number of hydrogen-bond donors (Lipinski definition) is 1. The minimum Gasteiger partial charge on any atom is -0.490 e. The van der Waals surface area contributed by atoms with Gasteiger partial charge in [-0.3, -0.25) is 9.59 Å². The molecule has 3 atom stereocenters. The number of hydrogen-bond acceptors (Lipinski definition) is 5. The van der Waals surface area contributed by atoms with Crippen LogP contribution in [0.1, 0.15) is 91.9 Å². The van der Waals surface area contributed by atoms with Crippen LogP contribution in [0.2, 0.25) is 0 Å². The first kappa shape index (κ1) is 27.5. The molecule has 3 heterocycles. The molecule has 3 aliphatic rings. The number of carbonyl (C=O) groups is 2. The van der Waals surface area contributed by atoms with Gasteiger partial charge in [0.2, 0.25) is 5.91 Å². The van der Waals surface area contributed by atoms with Crippen LogP contribution in [0.15, 0.2) is 36.4 Å². The molecule has 2 aromatic carbocycles. The Morgan fingerprint density at radius 2 is 1.77 bits per heavy atom. The molecule has 0 saturated carbocycles. The SMILES string of the molecule is CCOc1cc2c(cc1OCC)[C@@H]1[C@H](C(=O)NCCCN3CCCC[C@@H]3CC)c3ccccc3C(=O)N1CC2. The lowest BCUT2D eigenvalue weighted by molar-refractivity contribution is -0.124. The van der Waals surface area contributed by atoms with Crippen LogP contribution in [0.5, 0.6) is 11.5 Å². The van der Waals surface area contributed by atoms with Gasteiger partial charge in [-0.1, -0.05) is 31.5 Å². The number of nitrogens with one attached hydrogen (secondary N) is 1. The summed E-state index contributed by atoms with van der Waals surface area (Å²) < 4.78 is 11.8. The van der Waals surface area contributed by atoms with E-state index in [1.807, 2.05) is 55.1 Å². The first-order chi connectivity index (χ1) is 19.1. The molecule has 1 fully saturated rings. The number of ether oxygens (including phenoxy) is 2. The molecule has 210 valence electrons. The molecule has 0 bridgehead atoms. The van der Waals surface area contributed by atoms with Gasteiger partial charge in [-0.15, -0.1) is 0 Å². The van der Waals surface area contributed by atoms with Crippen LogP contribution in [0.3, 0.4) is 0 Å². The van der Waals surface area contributed by atoms with Crippen molar-refractivity contribution in [3.63, 3.8) is 0 Å². The molecule has 0 aromatic heterocycles. The third-order valence-corrected chi connectivity index (χ3v) is 8.61. The van der Waals surface area contributed by atoms with E-state index in [-0.39, 0.29) is 17.9 Å². The predicted molar refractivity (Wildman–Crippen MR) is 153 cm³/mol. The lowest BCUT2D eigenvalue weighted by atomic mass is 9.75. The van der Waals surface area contributed by atoms with Crippen molar-refractivity contribution >= 4 is 11.8 Å². The highest BCUT2D eigenvalue weighted by Crippen LogP contribution is 2.48. The van der Waals surface area contributed by atoms with Gasteiger partial charge >= 0.3 is 0 Å². The highest BCUT2D eigenvalue weighted by Gasteiger charge is 2.46. The summed E-state index contributed by atoms with van der Waals surface area (Å²) in [5.74, 6) is 0.877. The van der Waals surface area contributed by atoms with E-state index in [0.29, 0.717) is 43.7 Å². The second-order valence-electron chi connectivity index (χ2n) is 10.9. The summed E-state index contributed by atoms with van der Waals surface area (Å²) >= 11 is 0. The van der Waals surface area contributed by atoms with Gasteiger partial charge < -0.3 is 24.6 Å². The molecular formula is C32H43N3O4. The summed E-state index contributed by atoms with van der Waals surface area (Å²) in [6.07, 6.45) is 6.69. The Kier molecular flexibility index (Phi) is 8.75. The molecule has 5 rings (SSSR count). The maximum Gasteiger partial charge on any atom is 0.254 e. The Morgan fingerprint density at radius 3 is 2.54 bits per heavy atom. The lowest BCUT2D eigenvalue weighted by Gasteiger charge is -2.45. The Balaban J connectivity index is 1.42. The quantitative estimate of drug-likeness (QED) is 0.431. The molecular weight excluding hydrogens is 490 g/mol. The fourth-order valence-electron chi connectivity index (χ4n) is 6.77. The van der Waals surface area contributed by atoms with Gasteiger partial charge in [0.25, 0.3) is 5.91 Å². The first-order valence-electron chi connectivity index (χ1n) is 14.9. The van der Waals surface area contributed by atoms with Gasteiger partial charge in [0.15, 0.2) is 11.5 Å². The van der Waals surface area contributed by atoms with Crippen molar-refractivity contribution in [2.45, 2.75) is 77.3 Å². The molecule has 39 heavy (non-hydrogen) atoms. The average Bonchev–Trinajstić information content (AvgIpc) is 2.96. The minimum absolute atomic E-state index is 0.00662. The molecule has 1 saturated heterocycles. The Hall–Kier alpha value is -3.06. The molecule has 3 aliphatic heterocycles. The van der Waals surface area contributed by atoms with E-state index >= 15 is 0 Å². The molecule has 2 aromatic rings. The van der Waals surface area contributed by atoms with E-state index in [4.69, 9.17) is 9.47 Å². The van der Waals surface area contributed by atoms with E-state index in [1.54, 1.807) is 0 Å². The largest absolute Gasteiger partial charge is 0.490 e. The van der Waals surface area contributed by atoms with Crippen molar-refractivity contribution in [2.75, 3.05) is 39.4 Å². The third-order valence-electron chi connectivity index (χ3n) is 8.61. The zero-order chi connectivity index (χ0) is 27.4. The normalized spacial score (nSPS) is 22.5. The smallest absolute Gasteiger partial charge is 0.254 e. The summed E-state index contributed by atoms with van der Waals surface area (Å²) in [5, 5.41) is 3.26. The van der Waals surface area contributed by atoms with Crippen LogP contribution in [0, 0.1) is 0 Å². The Labute approximate surface area is 232 Å². The Morgan fingerprint density at radius 1 is 1.00 bits per heavy atom. The summed E-state index contributed by atoms with van der Waals surface area (Å²) in [4.78, 5) is 32.1. The third kappa shape index (κ3) is 5.51. The highest BCUT2D eigenvalue weighted by atomic mass is 16.5.